The van der Waals surface area contributed by atoms with Crippen molar-refractivity contribution in [3.8, 4) is 0 Å². The second-order valence-corrected chi connectivity index (χ2v) is 6.44. The monoisotopic (exact) mass is 345 g/mol. The Labute approximate surface area is 141 Å². The number of amides is 1. The Balaban J connectivity index is 1.99. The van der Waals surface area contributed by atoms with E-state index in [4.69, 9.17) is 0 Å². The molecule has 0 aliphatic heterocycles. The molecule has 3 rings (SSSR count). The zero-order valence-electron chi connectivity index (χ0n) is 13.3. The molecule has 2 heterocycles. The SMILES string of the molecule is CCCn1cnc2sc(C(=O)Nc3ccc(F)cc3)c(C)c2c1=O. The average Bonchev–Trinajstić information content (AvgIpc) is 2.90. The highest BCUT2D eigenvalue weighted by Gasteiger charge is 2.19. The number of carbonyl (C=O) groups excluding carboxylic acids is 1. The maximum atomic E-state index is 12.9. The van der Waals surface area contributed by atoms with Gasteiger partial charge >= 0.3 is 0 Å². The van der Waals surface area contributed by atoms with Crippen LogP contribution in [0.2, 0.25) is 0 Å². The molecule has 5 nitrogen and oxygen atoms in total. The van der Waals surface area contributed by atoms with Crippen molar-refractivity contribution in [1.82, 2.24) is 9.55 Å². The van der Waals surface area contributed by atoms with Gasteiger partial charge in [0.25, 0.3) is 11.5 Å². The summed E-state index contributed by atoms with van der Waals surface area (Å²) in [7, 11) is 0. The lowest BCUT2D eigenvalue weighted by Crippen LogP contribution is -2.20. The number of nitrogens with zero attached hydrogens (tertiary/aromatic N) is 2. The molecule has 1 N–H and O–H groups in total. The molecular formula is C17H16FN3O2S. The average molecular weight is 345 g/mol. The minimum atomic E-state index is -0.369. The third kappa shape index (κ3) is 2.94. The van der Waals surface area contributed by atoms with E-state index in [1.807, 2.05) is 6.92 Å². The van der Waals surface area contributed by atoms with Crippen LogP contribution in [0, 0.1) is 12.7 Å². The van der Waals surface area contributed by atoms with Crippen LogP contribution in [0.4, 0.5) is 10.1 Å². The van der Waals surface area contributed by atoms with E-state index < -0.39 is 0 Å². The van der Waals surface area contributed by atoms with Crippen LogP contribution in [0.3, 0.4) is 0 Å². The summed E-state index contributed by atoms with van der Waals surface area (Å²) < 4.78 is 14.5. The fourth-order valence-electron chi connectivity index (χ4n) is 2.50. The molecule has 0 fully saturated rings. The second-order valence-electron chi connectivity index (χ2n) is 5.44. The first-order chi connectivity index (χ1) is 11.5. The van der Waals surface area contributed by atoms with E-state index in [9.17, 15) is 14.0 Å². The third-order valence-electron chi connectivity index (χ3n) is 3.69. The van der Waals surface area contributed by atoms with Gasteiger partial charge in [0.05, 0.1) is 16.6 Å². The summed E-state index contributed by atoms with van der Waals surface area (Å²) in [5.41, 5.74) is 0.989. The number of aryl methyl sites for hydroxylation is 2. The lowest BCUT2D eigenvalue weighted by Gasteiger charge is -2.04. The Bertz CT molecular complexity index is 960. The van der Waals surface area contributed by atoms with Crippen LogP contribution in [-0.4, -0.2) is 15.5 Å². The van der Waals surface area contributed by atoms with Crippen molar-refractivity contribution in [2.24, 2.45) is 0 Å². The summed E-state index contributed by atoms with van der Waals surface area (Å²) in [6.07, 6.45) is 2.35. The number of fused-ring (bicyclic) bond motifs is 1. The number of benzene rings is 1. The number of anilines is 1. The quantitative estimate of drug-likeness (QED) is 0.786. The van der Waals surface area contributed by atoms with Gasteiger partial charge in [-0.15, -0.1) is 11.3 Å². The number of nitrogens with one attached hydrogen (secondary N) is 1. The number of rotatable bonds is 4. The minimum absolute atomic E-state index is 0.128. The molecule has 0 aliphatic rings. The molecule has 3 aromatic rings. The first-order valence-electron chi connectivity index (χ1n) is 7.56. The van der Waals surface area contributed by atoms with Crippen LogP contribution in [0.5, 0.6) is 0 Å². The molecule has 0 bridgehead atoms. The highest BCUT2D eigenvalue weighted by molar-refractivity contribution is 7.20. The smallest absolute Gasteiger partial charge is 0.266 e. The fourth-order valence-corrected chi connectivity index (χ4v) is 3.53. The van der Waals surface area contributed by atoms with Gasteiger partial charge < -0.3 is 5.32 Å². The molecule has 2 aromatic heterocycles. The maximum absolute atomic E-state index is 12.9. The number of hydrogen-bond donors (Lipinski definition) is 1. The molecule has 124 valence electrons. The van der Waals surface area contributed by atoms with Crippen molar-refractivity contribution in [2.75, 3.05) is 5.32 Å². The van der Waals surface area contributed by atoms with Gasteiger partial charge in [-0.25, -0.2) is 9.37 Å². The third-order valence-corrected chi connectivity index (χ3v) is 4.89. The number of hydrogen-bond acceptors (Lipinski definition) is 4. The summed E-state index contributed by atoms with van der Waals surface area (Å²) in [4.78, 5) is 30.3. The molecule has 0 aliphatic carbocycles. The molecule has 1 aromatic carbocycles. The van der Waals surface area contributed by atoms with Gasteiger partial charge in [0.15, 0.2) is 0 Å². The lowest BCUT2D eigenvalue weighted by molar-refractivity contribution is 0.103. The van der Waals surface area contributed by atoms with Gasteiger partial charge in [-0.1, -0.05) is 6.92 Å². The Morgan fingerprint density at radius 2 is 2.04 bits per heavy atom. The topological polar surface area (TPSA) is 64.0 Å². The van der Waals surface area contributed by atoms with Crippen LogP contribution < -0.4 is 10.9 Å². The number of thiophene rings is 1. The summed E-state index contributed by atoms with van der Waals surface area (Å²) in [5, 5.41) is 3.20. The number of aromatic nitrogens is 2. The van der Waals surface area contributed by atoms with E-state index in [2.05, 4.69) is 10.3 Å². The predicted molar refractivity (Wildman–Crippen MR) is 93.3 cm³/mol. The van der Waals surface area contributed by atoms with E-state index in [0.717, 1.165) is 6.42 Å². The van der Waals surface area contributed by atoms with Gasteiger partial charge in [0.2, 0.25) is 0 Å². The Kier molecular flexibility index (Phi) is 4.44. The van der Waals surface area contributed by atoms with E-state index in [-0.39, 0.29) is 17.3 Å². The normalized spacial score (nSPS) is 11.0. The maximum Gasteiger partial charge on any atom is 0.266 e. The molecule has 0 unspecified atom stereocenters. The minimum Gasteiger partial charge on any atom is -0.321 e. The molecule has 0 radical (unpaired) electrons. The summed E-state index contributed by atoms with van der Waals surface area (Å²) in [6.45, 7) is 4.32. The molecule has 1 amide bonds. The van der Waals surface area contributed by atoms with Crippen molar-refractivity contribution in [1.29, 1.82) is 0 Å². The Morgan fingerprint density at radius 1 is 1.33 bits per heavy atom. The first kappa shape index (κ1) is 16.3. The van der Waals surface area contributed by atoms with Crippen molar-refractivity contribution in [3.05, 3.63) is 57.2 Å². The highest BCUT2D eigenvalue weighted by Crippen LogP contribution is 2.27. The van der Waals surface area contributed by atoms with Gasteiger partial charge in [-0.3, -0.25) is 14.2 Å². The van der Waals surface area contributed by atoms with Gasteiger partial charge in [0.1, 0.15) is 10.6 Å². The zero-order valence-corrected chi connectivity index (χ0v) is 14.1. The standard InChI is InChI=1S/C17H16FN3O2S/c1-3-8-21-9-19-16-13(17(21)23)10(2)14(24-16)15(22)20-12-6-4-11(18)5-7-12/h4-7,9H,3,8H2,1-2H3,(H,20,22). The molecule has 0 saturated carbocycles. The van der Waals surface area contributed by atoms with Gasteiger partial charge in [-0.2, -0.15) is 0 Å². The van der Waals surface area contributed by atoms with Crippen molar-refractivity contribution in [3.63, 3.8) is 0 Å². The fraction of sp³-hybridized carbons (Fsp3) is 0.235. The van der Waals surface area contributed by atoms with Crippen LogP contribution in [-0.2, 0) is 6.54 Å². The van der Waals surface area contributed by atoms with Crippen LogP contribution in [0.25, 0.3) is 10.2 Å². The van der Waals surface area contributed by atoms with E-state index in [1.165, 1.54) is 41.9 Å². The lowest BCUT2D eigenvalue weighted by atomic mass is 10.2. The second kappa shape index (κ2) is 6.52. The van der Waals surface area contributed by atoms with Gasteiger partial charge in [0, 0.05) is 12.2 Å². The first-order valence-corrected chi connectivity index (χ1v) is 8.38. The molecule has 0 atom stereocenters. The summed E-state index contributed by atoms with van der Waals surface area (Å²) in [5.74, 6) is -0.699. The van der Waals surface area contributed by atoms with Crippen molar-refractivity contribution < 1.29 is 9.18 Å². The molecule has 24 heavy (non-hydrogen) atoms. The van der Waals surface area contributed by atoms with Crippen molar-refractivity contribution >= 4 is 33.1 Å². The zero-order chi connectivity index (χ0) is 17.3. The number of halogens is 1. The van der Waals surface area contributed by atoms with E-state index in [0.29, 0.717) is 32.9 Å². The van der Waals surface area contributed by atoms with Crippen molar-refractivity contribution in [2.45, 2.75) is 26.8 Å². The highest BCUT2D eigenvalue weighted by atomic mass is 32.1. The molecular weight excluding hydrogens is 329 g/mol. The largest absolute Gasteiger partial charge is 0.321 e. The predicted octanol–water partition coefficient (Wildman–Crippen LogP) is 3.57. The van der Waals surface area contributed by atoms with Crippen LogP contribution in [0.15, 0.2) is 35.4 Å². The van der Waals surface area contributed by atoms with Crippen LogP contribution in [0.1, 0.15) is 28.6 Å². The summed E-state index contributed by atoms with van der Waals surface area (Å²) >= 11 is 1.18. The Hall–Kier alpha value is -2.54. The van der Waals surface area contributed by atoms with Crippen LogP contribution >= 0.6 is 11.3 Å². The summed E-state index contributed by atoms with van der Waals surface area (Å²) in [6, 6.07) is 5.53. The van der Waals surface area contributed by atoms with Gasteiger partial charge in [-0.05, 0) is 43.2 Å². The number of carbonyl (C=O) groups is 1. The molecule has 0 spiro atoms. The van der Waals surface area contributed by atoms with E-state index in [1.54, 1.807) is 11.5 Å². The molecule has 7 heteroatoms. The molecule has 0 saturated heterocycles. The Morgan fingerprint density at radius 3 is 2.71 bits per heavy atom. The van der Waals surface area contributed by atoms with E-state index >= 15 is 0 Å².